The molecule has 0 radical (unpaired) electrons. The van der Waals surface area contributed by atoms with E-state index in [-0.39, 0.29) is 11.1 Å². The fourth-order valence-electron chi connectivity index (χ4n) is 0.792. The summed E-state index contributed by atoms with van der Waals surface area (Å²) >= 11 is 0. The van der Waals surface area contributed by atoms with Gasteiger partial charge in [-0.1, -0.05) is 0 Å². The predicted molar refractivity (Wildman–Crippen MR) is 37.5 cm³/mol. The van der Waals surface area contributed by atoms with E-state index in [1.807, 2.05) is 6.07 Å². The lowest BCUT2D eigenvalue weighted by Crippen LogP contribution is -1.87. The minimum absolute atomic E-state index is 0.188. The molecule has 0 spiro atoms. The first-order valence-electron chi connectivity index (χ1n) is 3.05. The predicted octanol–water partition coefficient (Wildman–Crippen LogP) is 1.71. The topological polar surface area (TPSA) is 44.0 Å². The third-order valence-electron chi connectivity index (χ3n) is 1.49. The second-order valence-electron chi connectivity index (χ2n) is 2.18. The zero-order chi connectivity index (χ0) is 8.43. The van der Waals surface area contributed by atoms with Gasteiger partial charge in [0.25, 0.3) is 0 Å². The Labute approximate surface area is 63.5 Å². The highest BCUT2D eigenvalue weighted by Gasteiger charge is 2.07. The average Bonchev–Trinajstić information content (AvgIpc) is 2.01. The Kier molecular flexibility index (Phi) is 1.77. The van der Waals surface area contributed by atoms with Crippen LogP contribution < -0.4 is 0 Å². The maximum absolute atomic E-state index is 12.8. The molecule has 0 aromatic heterocycles. The molecule has 0 aliphatic carbocycles. The fourth-order valence-corrected chi connectivity index (χ4v) is 0.792. The average molecular weight is 151 g/mol. The van der Waals surface area contributed by atoms with Crippen LogP contribution in [0.15, 0.2) is 12.1 Å². The Hall–Kier alpha value is -1.56. The van der Waals surface area contributed by atoms with Crippen LogP contribution in [0.3, 0.4) is 0 Å². The van der Waals surface area contributed by atoms with Crippen molar-refractivity contribution in [1.82, 2.24) is 0 Å². The van der Waals surface area contributed by atoms with E-state index in [0.29, 0.717) is 0 Å². The van der Waals surface area contributed by atoms with Crippen LogP contribution in [0.5, 0.6) is 5.75 Å². The summed E-state index contributed by atoms with van der Waals surface area (Å²) in [5.74, 6) is -1.13. The fraction of sp³-hybridized carbons (Fsp3) is 0.125. The number of aromatic hydroxyl groups is 1. The molecule has 0 heterocycles. The van der Waals surface area contributed by atoms with Crippen molar-refractivity contribution < 1.29 is 9.50 Å². The van der Waals surface area contributed by atoms with Crippen molar-refractivity contribution in [2.24, 2.45) is 0 Å². The minimum Gasteiger partial charge on any atom is -0.505 e. The molecule has 11 heavy (non-hydrogen) atoms. The van der Waals surface area contributed by atoms with E-state index in [4.69, 9.17) is 10.4 Å². The molecule has 1 aromatic rings. The summed E-state index contributed by atoms with van der Waals surface area (Å²) in [5, 5.41) is 17.3. The number of halogens is 1. The molecule has 0 aliphatic heterocycles. The lowest BCUT2D eigenvalue weighted by molar-refractivity contribution is 0.430. The van der Waals surface area contributed by atoms with Crippen molar-refractivity contribution in [2.45, 2.75) is 6.92 Å². The molecular weight excluding hydrogens is 145 g/mol. The largest absolute Gasteiger partial charge is 0.505 e. The van der Waals surface area contributed by atoms with Gasteiger partial charge >= 0.3 is 0 Å². The van der Waals surface area contributed by atoms with Crippen LogP contribution in [0, 0.1) is 24.1 Å². The van der Waals surface area contributed by atoms with Crippen molar-refractivity contribution >= 4 is 0 Å². The van der Waals surface area contributed by atoms with Gasteiger partial charge in [-0.25, -0.2) is 4.39 Å². The summed E-state index contributed by atoms with van der Waals surface area (Å²) in [6.07, 6.45) is 0. The van der Waals surface area contributed by atoms with Gasteiger partial charge < -0.3 is 5.11 Å². The van der Waals surface area contributed by atoms with Crippen molar-refractivity contribution in [3.05, 3.63) is 29.1 Å². The molecule has 0 atom stereocenters. The number of phenolic OH excluding ortho intramolecular Hbond substituents is 1. The van der Waals surface area contributed by atoms with Gasteiger partial charge in [-0.05, 0) is 19.1 Å². The maximum Gasteiger partial charge on any atom is 0.169 e. The lowest BCUT2D eigenvalue weighted by Gasteiger charge is -1.99. The third-order valence-corrected chi connectivity index (χ3v) is 1.49. The molecule has 0 saturated heterocycles. The molecule has 1 aromatic carbocycles. The molecule has 2 nitrogen and oxygen atoms in total. The summed E-state index contributed by atoms with van der Waals surface area (Å²) < 4.78 is 12.8. The van der Waals surface area contributed by atoms with Crippen LogP contribution in [0.1, 0.15) is 11.1 Å². The van der Waals surface area contributed by atoms with Gasteiger partial charge in [0.1, 0.15) is 0 Å². The minimum atomic E-state index is -0.718. The molecular formula is C8H6FNO. The Balaban J connectivity index is 3.40. The number of hydrogen-bond donors (Lipinski definition) is 1. The smallest absolute Gasteiger partial charge is 0.169 e. The van der Waals surface area contributed by atoms with Crippen molar-refractivity contribution in [2.75, 3.05) is 0 Å². The molecule has 3 heteroatoms. The Bertz CT molecular complexity index is 328. The van der Waals surface area contributed by atoms with E-state index in [0.717, 1.165) is 0 Å². The van der Waals surface area contributed by atoms with Crippen LogP contribution in [0.4, 0.5) is 4.39 Å². The molecule has 1 rings (SSSR count). The van der Waals surface area contributed by atoms with Gasteiger partial charge in [0, 0.05) is 5.56 Å². The van der Waals surface area contributed by atoms with E-state index in [1.165, 1.54) is 19.1 Å². The molecule has 0 bridgehead atoms. The standard InChI is InChI=1S/C8H6FNO/c1-5-6(4-10)2-3-7(11)8(5)9/h2-3,11H,1H3. The molecule has 56 valence electrons. The first kappa shape index (κ1) is 7.55. The van der Waals surface area contributed by atoms with E-state index in [9.17, 15) is 4.39 Å². The number of rotatable bonds is 0. The maximum atomic E-state index is 12.8. The molecule has 0 fully saturated rings. The van der Waals surface area contributed by atoms with Crippen LogP contribution in [-0.4, -0.2) is 5.11 Å². The normalized spacial score (nSPS) is 9.18. The van der Waals surface area contributed by atoms with Crippen LogP contribution >= 0.6 is 0 Å². The zero-order valence-electron chi connectivity index (χ0n) is 5.93. The SMILES string of the molecule is Cc1c(C#N)ccc(O)c1F. The number of phenols is 1. The lowest BCUT2D eigenvalue weighted by atomic mass is 10.1. The van der Waals surface area contributed by atoms with Gasteiger partial charge in [0.05, 0.1) is 11.6 Å². The van der Waals surface area contributed by atoms with Gasteiger partial charge in [-0.3, -0.25) is 0 Å². The summed E-state index contributed by atoms with van der Waals surface area (Å²) in [6, 6.07) is 4.36. The molecule has 1 N–H and O–H groups in total. The molecule has 0 amide bonds. The monoisotopic (exact) mass is 151 g/mol. The quantitative estimate of drug-likeness (QED) is 0.613. The van der Waals surface area contributed by atoms with Crippen LogP contribution in [-0.2, 0) is 0 Å². The van der Waals surface area contributed by atoms with Crippen LogP contribution in [0.25, 0.3) is 0 Å². The Morgan fingerprint density at radius 1 is 1.55 bits per heavy atom. The van der Waals surface area contributed by atoms with Crippen molar-refractivity contribution in [3.63, 3.8) is 0 Å². The Morgan fingerprint density at radius 2 is 2.18 bits per heavy atom. The summed E-state index contributed by atoms with van der Waals surface area (Å²) in [4.78, 5) is 0. The number of benzene rings is 1. The van der Waals surface area contributed by atoms with Gasteiger partial charge in [0.2, 0.25) is 0 Å². The summed E-state index contributed by atoms with van der Waals surface area (Å²) in [6.45, 7) is 1.45. The van der Waals surface area contributed by atoms with Crippen molar-refractivity contribution in [1.29, 1.82) is 5.26 Å². The highest BCUT2D eigenvalue weighted by atomic mass is 19.1. The highest BCUT2D eigenvalue weighted by Crippen LogP contribution is 2.20. The van der Waals surface area contributed by atoms with E-state index < -0.39 is 11.6 Å². The molecule has 0 saturated carbocycles. The van der Waals surface area contributed by atoms with Gasteiger partial charge in [-0.15, -0.1) is 0 Å². The number of nitrogens with zero attached hydrogens (tertiary/aromatic N) is 1. The van der Waals surface area contributed by atoms with E-state index in [1.54, 1.807) is 0 Å². The van der Waals surface area contributed by atoms with E-state index in [2.05, 4.69) is 0 Å². The number of hydrogen-bond acceptors (Lipinski definition) is 2. The zero-order valence-corrected chi connectivity index (χ0v) is 5.93. The summed E-state index contributed by atoms with van der Waals surface area (Å²) in [5.41, 5.74) is 0.438. The molecule has 0 unspecified atom stereocenters. The first-order valence-corrected chi connectivity index (χ1v) is 3.05. The Morgan fingerprint density at radius 3 is 2.73 bits per heavy atom. The second-order valence-corrected chi connectivity index (χ2v) is 2.18. The summed E-state index contributed by atoms with van der Waals surface area (Å²) in [7, 11) is 0. The molecule has 0 aliphatic rings. The van der Waals surface area contributed by atoms with Gasteiger partial charge in [-0.2, -0.15) is 5.26 Å². The third kappa shape index (κ3) is 1.15. The van der Waals surface area contributed by atoms with Crippen LogP contribution in [0.2, 0.25) is 0 Å². The van der Waals surface area contributed by atoms with Crippen molar-refractivity contribution in [3.8, 4) is 11.8 Å². The number of nitriles is 1. The second kappa shape index (κ2) is 2.59. The highest BCUT2D eigenvalue weighted by molar-refractivity contribution is 5.42. The van der Waals surface area contributed by atoms with E-state index >= 15 is 0 Å². The van der Waals surface area contributed by atoms with Gasteiger partial charge in [0.15, 0.2) is 11.6 Å². The first-order chi connectivity index (χ1) is 5.16.